The maximum atomic E-state index is 12.0. The van der Waals surface area contributed by atoms with Crippen LogP contribution >= 0.6 is 11.6 Å². The van der Waals surface area contributed by atoms with Gasteiger partial charge in [0.1, 0.15) is 0 Å². The van der Waals surface area contributed by atoms with E-state index in [2.05, 4.69) is 9.44 Å². The van der Waals surface area contributed by atoms with Crippen molar-refractivity contribution in [1.82, 2.24) is 0 Å². The minimum atomic E-state index is -3.73. The van der Waals surface area contributed by atoms with Gasteiger partial charge in [0, 0.05) is 0 Å². The van der Waals surface area contributed by atoms with Crippen LogP contribution in [0, 0.1) is 0 Å². The molecule has 0 amide bonds. The highest BCUT2D eigenvalue weighted by Gasteiger charge is 2.10. The van der Waals surface area contributed by atoms with Crippen LogP contribution in [-0.2, 0) is 20.0 Å². The highest BCUT2D eigenvalue weighted by molar-refractivity contribution is 7.95. The molecule has 0 unspecified atom stereocenters. The van der Waals surface area contributed by atoms with E-state index in [0.29, 0.717) is 0 Å². The van der Waals surface area contributed by atoms with Gasteiger partial charge in [-0.15, -0.1) is 0 Å². The van der Waals surface area contributed by atoms with E-state index in [0.717, 1.165) is 17.2 Å². The number of anilines is 2. The van der Waals surface area contributed by atoms with Crippen molar-refractivity contribution in [2.75, 3.05) is 15.7 Å². The quantitative estimate of drug-likeness (QED) is 0.797. The second-order valence-corrected chi connectivity index (χ2v) is 8.65. The summed E-state index contributed by atoms with van der Waals surface area (Å²) in [6.45, 7) is 0. The minimum absolute atomic E-state index is 0.0765. The summed E-state index contributed by atoms with van der Waals surface area (Å²) in [4.78, 5) is 0. The van der Waals surface area contributed by atoms with Crippen LogP contribution in [0.2, 0.25) is 5.02 Å². The van der Waals surface area contributed by atoms with Crippen molar-refractivity contribution < 1.29 is 16.8 Å². The summed E-state index contributed by atoms with van der Waals surface area (Å²) in [5.74, 6) is 0. The lowest BCUT2D eigenvalue weighted by molar-refractivity contribution is 0.606. The summed E-state index contributed by atoms with van der Waals surface area (Å²) in [6, 6.07) is 13.1. The number of sulfonamides is 2. The first kappa shape index (κ1) is 18.3. The van der Waals surface area contributed by atoms with E-state index in [1.54, 1.807) is 24.3 Å². The van der Waals surface area contributed by atoms with E-state index in [1.165, 1.54) is 24.3 Å². The van der Waals surface area contributed by atoms with E-state index in [4.69, 9.17) is 11.6 Å². The van der Waals surface area contributed by atoms with Crippen molar-refractivity contribution in [2.24, 2.45) is 0 Å². The smallest absolute Gasteiger partial charge is 0.255 e. The van der Waals surface area contributed by atoms with Gasteiger partial charge in [0.2, 0.25) is 10.0 Å². The van der Waals surface area contributed by atoms with Crippen LogP contribution < -0.4 is 9.44 Å². The Balaban J connectivity index is 2.15. The summed E-state index contributed by atoms with van der Waals surface area (Å²) in [5, 5.41) is 1.12. The van der Waals surface area contributed by atoms with Gasteiger partial charge < -0.3 is 0 Å². The van der Waals surface area contributed by atoms with Gasteiger partial charge in [0.15, 0.2) is 0 Å². The zero-order valence-corrected chi connectivity index (χ0v) is 15.0. The van der Waals surface area contributed by atoms with Gasteiger partial charge in [0.05, 0.1) is 28.1 Å². The van der Waals surface area contributed by atoms with Crippen LogP contribution in [0.3, 0.4) is 0 Å². The van der Waals surface area contributed by atoms with Crippen molar-refractivity contribution in [1.29, 1.82) is 0 Å². The SMILES string of the molecule is CS(=O)(=O)Nc1ccc(NS(=O)(=O)/C=C/c2ccccc2)cc1Cl. The predicted molar refractivity (Wildman–Crippen MR) is 97.9 cm³/mol. The van der Waals surface area contributed by atoms with Gasteiger partial charge in [-0.25, -0.2) is 16.8 Å². The zero-order chi connectivity index (χ0) is 17.8. The first-order valence-corrected chi connectivity index (χ1v) is 10.5. The molecule has 0 bridgehead atoms. The number of benzene rings is 2. The second-order valence-electron chi connectivity index (χ2n) is 4.93. The van der Waals surface area contributed by atoms with Crippen LogP contribution in [0.25, 0.3) is 6.08 Å². The molecule has 0 aliphatic rings. The van der Waals surface area contributed by atoms with Crippen LogP contribution in [0.4, 0.5) is 11.4 Å². The average Bonchev–Trinajstić information content (AvgIpc) is 2.48. The summed E-state index contributed by atoms with van der Waals surface area (Å²) in [7, 11) is -7.20. The molecule has 2 N–H and O–H groups in total. The Bertz CT molecular complexity index is 956. The van der Waals surface area contributed by atoms with Crippen LogP contribution in [0.5, 0.6) is 0 Å². The molecule has 0 spiro atoms. The van der Waals surface area contributed by atoms with Crippen LogP contribution in [0.1, 0.15) is 5.56 Å². The fourth-order valence-corrected chi connectivity index (χ4v) is 3.51. The maximum absolute atomic E-state index is 12.0. The fourth-order valence-electron chi connectivity index (χ4n) is 1.79. The van der Waals surface area contributed by atoms with Gasteiger partial charge in [-0.3, -0.25) is 9.44 Å². The van der Waals surface area contributed by atoms with Crippen LogP contribution in [0.15, 0.2) is 53.9 Å². The Kier molecular flexibility index (Phi) is 5.53. The molecule has 0 saturated carbocycles. The van der Waals surface area contributed by atoms with Gasteiger partial charge in [-0.2, -0.15) is 0 Å². The maximum Gasteiger partial charge on any atom is 0.255 e. The molecule has 6 nitrogen and oxygen atoms in total. The number of halogens is 1. The van der Waals surface area contributed by atoms with Gasteiger partial charge >= 0.3 is 0 Å². The van der Waals surface area contributed by atoms with Crippen LogP contribution in [-0.4, -0.2) is 23.1 Å². The minimum Gasteiger partial charge on any atom is -0.282 e. The van der Waals surface area contributed by atoms with Crippen molar-refractivity contribution in [3.63, 3.8) is 0 Å². The Morgan fingerprint density at radius 1 is 0.958 bits per heavy atom. The summed E-state index contributed by atoms with van der Waals surface area (Å²) < 4.78 is 51.1. The second kappa shape index (κ2) is 7.25. The molecule has 0 fully saturated rings. The van der Waals surface area contributed by atoms with E-state index in [-0.39, 0.29) is 16.4 Å². The van der Waals surface area contributed by atoms with Gasteiger partial charge in [-0.05, 0) is 29.8 Å². The standard InChI is InChI=1S/C15H15ClN2O4S2/c1-23(19,20)18-15-8-7-13(11-14(15)16)17-24(21,22)10-9-12-5-3-2-4-6-12/h2-11,17-18H,1H3/b10-9+. The third-order valence-electron chi connectivity index (χ3n) is 2.76. The Hall–Kier alpha value is -2.03. The molecule has 0 saturated heterocycles. The highest BCUT2D eigenvalue weighted by atomic mass is 35.5. The lowest BCUT2D eigenvalue weighted by atomic mass is 10.2. The summed E-state index contributed by atoms with van der Waals surface area (Å²) in [6.07, 6.45) is 2.46. The highest BCUT2D eigenvalue weighted by Crippen LogP contribution is 2.26. The molecule has 2 aromatic carbocycles. The van der Waals surface area contributed by atoms with Gasteiger partial charge in [0.25, 0.3) is 10.0 Å². The molecule has 128 valence electrons. The van der Waals surface area contributed by atoms with Crippen molar-refractivity contribution >= 4 is 49.1 Å². The molecule has 24 heavy (non-hydrogen) atoms. The van der Waals surface area contributed by atoms with E-state index in [9.17, 15) is 16.8 Å². The molecular formula is C15H15ClN2O4S2. The van der Waals surface area contributed by atoms with E-state index in [1.807, 2.05) is 6.07 Å². The third kappa shape index (κ3) is 5.88. The molecule has 0 radical (unpaired) electrons. The number of nitrogens with one attached hydrogen (secondary N) is 2. The van der Waals surface area contributed by atoms with E-state index >= 15 is 0 Å². The molecule has 0 heterocycles. The monoisotopic (exact) mass is 386 g/mol. The molecule has 0 aromatic heterocycles. The largest absolute Gasteiger partial charge is 0.282 e. The average molecular weight is 387 g/mol. The molecule has 9 heteroatoms. The summed E-state index contributed by atoms with van der Waals surface area (Å²) in [5.41, 5.74) is 1.13. The van der Waals surface area contributed by atoms with Crippen molar-refractivity contribution in [2.45, 2.75) is 0 Å². The molecule has 2 aromatic rings. The summed E-state index contributed by atoms with van der Waals surface area (Å²) >= 11 is 5.96. The Morgan fingerprint density at radius 3 is 2.21 bits per heavy atom. The van der Waals surface area contributed by atoms with Crippen molar-refractivity contribution in [3.05, 3.63) is 64.5 Å². The van der Waals surface area contributed by atoms with Gasteiger partial charge in [-0.1, -0.05) is 41.9 Å². The molecule has 0 aliphatic heterocycles. The first-order valence-electron chi connectivity index (χ1n) is 6.68. The predicted octanol–water partition coefficient (Wildman–Crippen LogP) is 3.12. The number of hydrogen-bond acceptors (Lipinski definition) is 4. The topological polar surface area (TPSA) is 92.3 Å². The lowest BCUT2D eigenvalue weighted by Crippen LogP contribution is -2.11. The molecule has 2 rings (SSSR count). The Morgan fingerprint density at radius 2 is 1.62 bits per heavy atom. The lowest BCUT2D eigenvalue weighted by Gasteiger charge is -2.09. The first-order chi connectivity index (χ1) is 11.1. The normalized spacial score (nSPS) is 12.2. The molecular weight excluding hydrogens is 372 g/mol. The Labute approximate surface area is 146 Å². The van der Waals surface area contributed by atoms with Crippen molar-refractivity contribution in [3.8, 4) is 0 Å². The number of rotatable bonds is 6. The number of hydrogen-bond donors (Lipinski definition) is 2. The van der Waals surface area contributed by atoms with E-state index < -0.39 is 20.0 Å². The fraction of sp³-hybridized carbons (Fsp3) is 0.0667. The molecule has 0 aliphatic carbocycles. The zero-order valence-electron chi connectivity index (χ0n) is 12.6. The molecule has 0 atom stereocenters. The third-order valence-corrected chi connectivity index (χ3v) is 4.68.